The molecule has 3 aliphatic heterocycles. The highest BCUT2D eigenvalue weighted by Crippen LogP contribution is 2.36. The molecule has 1 aliphatic carbocycles. The fourth-order valence-corrected chi connectivity index (χ4v) is 6.01. The summed E-state index contributed by atoms with van der Waals surface area (Å²) in [4.78, 5) is 43.1. The van der Waals surface area contributed by atoms with Gasteiger partial charge in [0.2, 0.25) is 5.91 Å². The van der Waals surface area contributed by atoms with Gasteiger partial charge in [-0.15, -0.1) is 0 Å². The van der Waals surface area contributed by atoms with Gasteiger partial charge in [0, 0.05) is 12.1 Å². The number of hydrogen-bond acceptors (Lipinski definition) is 5. The molecular formula is C25H33N3O4. The number of nitrogens with one attached hydrogen (secondary N) is 1. The molecule has 4 fully saturated rings. The summed E-state index contributed by atoms with van der Waals surface area (Å²) in [5.41, 5.74) is 0.950. The average molecular weight is 440 g/mol. The largest absolute Gasteiger partial charge is 0.368 e. The number of amides is 2. The number of likely N-dealkylation sites (tertiary alicyclic amines) is 2. The molecule has 3 heterocycles. The SMILES string of the molecule is CN1CCC(c2ccc(C(=O)NC3(C(=O)N4CC[C@H]5OCC(=O)[C@H]54)CCCC3)cc2)CC1. The van der Waals surface area contributed by atoms with E-state index in [1.165, 1.54) is 5.56 Å². The number of ketones is 1. The van der Waals surface area contributed by atoms with Gasteiger partial charge in [-0.25, -0.2) is 0 Å². The van der Waals surface area contributed by atoms with Crippen molar-refractivity contribution in [1.29, 1.82) is 0 Å². The molecule has 5 rings (SSSR count). The fourth-order valence-electron chi connectivity index (χ4n) is 6.01. The molecule has 172 valence electrons. The van der Waals surface area contributed by atoms with Crippen LogP contribution in [0.4, 0.5) is 0 Å². The lowest BCUT2D eigenvalue weighted by Crippen LogP contribution is -2.60. The zero-order chi connectivity index (χ0) is 22.3. The third-order valence-electron chi connectivity index (χ3n) is 7.96. The second-order valence-electron chi connectivity index (χ2n) is 9.99. The van der Waals surface area contributed by atoms with Gasteiger partial charge in [0.1, 0.15) is 18.2 Å². The molecule has 1 aromatic carbocycles. The van der Waals surface area contributed by atoms with Crippen molar-refractivity contribution in [1.82, 2.24) is 15.1 Å². The first-order chi connectivity index (χ1) is 15.5. The lowest BCUT2D eigenvalue weighted by atomic mass is 9.89. The number of benzene rings is 1. The predicted molar refractivity (Wildman–Crippen MR) is 119 cm³/mol. The van der Waals surface area contributed by atoms with E-state index in [9.17, 15) is 14.4 Å². The summed E-state index contributed by atoms with van der Waals surface area (Å²) in [6.45, 7) is 2.80. The van der Waals surface area contributed by atoms with Crippen LogP contribution in [0, 0.1) is 0 Å². The van der Waals surface area contributed by atoms with Crippen LogP contribution in [0.2, 0.25) is 0 Å². The summed E-state index contributed by atoms with van der Waals surface area (Å²) in [5.74, 6) is 0.197. The smallest absolute Gasteiger partial charge is 0.252 e. The molecule has 1 N–H and O–H groups in total. The van der Waals surface area contributed by atoms with Crippen LogP contribution >= 0.6 is 0 Å². The van der Waals surface area contributed by atoms with Gasteiger partial charge in [0.15, 0.2) is 5.78 Å². The summed E-state index contributed by atoms with van der Waals surface area (Å²) in [6, 6.07) is 7.42. The number of carbonyl (C=O) groups excluding carboxylic acids is 3. The lowest BCUT2D eigenvalue weighted by molar-refractivity contribution is -0.142. The van der Waals surface area contributed by atoms with Gasteiger partial charge in [-0.05, 0) is 75.9 Å². The van der Waals surface area contributed by atoms with Crippen LogP contribution in [0.15, 0.2) is 24.3 Å². The summed E-state index contributed by atoms with van der Waals surface area (Å²) < 4.78 is 5.55. The third-order valence-corrected chi connectivity index (χ3v) is 7.96. The van der Waals surface area contributed by atoms with E-state index < -0.39 is 11.6 Å². The first kappa shape index (κ1) is 21.6. The minimum absolute atomic E-state index is 0.0233. The van der Waals surface area contributed by atoms with E-state index in [4.69, 9.17) is 4.74 Å². The monoisotopic (exact) mass is 439 g/mol. The van der Waals surface area contributed by atoms with Crippen LogP contribution in [0.25, 0.3) is 0 Å². The number of fused-ring (bicyclic) bond motifs is 1. The highest BCUT2D eigenvalue weighted by atomic mass is 16.5. The van der Waals surface area contributed by atoms with Crippen molar-refractivity contribution in [2.24, 2.45) is 0 Å². The lowest BCUT2D eigenvalue weighted by Gasteiger charge is -2.35. The van der Waals surface area contributed by atoms with E-state index >= 15 is 0 Å². The van der Waals surface area contributed by atoms with Crippen LogP contribution in [0.1, 0.15) is 66.8 Å². The van der Waals surface area contributed by atoms with Crippen molar-refractivity contribution in [3.63, 3.8) is 0 Å². The van der Waals surface area contributed by atoms with Gasteiger partial charge in [-0.3, -0.25) is 14.4 Å². The molecule has 32 heavy (non-hydrogen) atoms. The third kappa shape index (κ3) is 3.86. The van der Waals surface area contributed by atoms with Gasteiger partial charge in [0.05, 0.1) is 6.10 Å². The Morgan fingerprint density at radius 2 is 1.72 bits per heavy atom. The molecule has 7 heteroatoms. The van der Waals surface area contributed by atoms with Crippen LogP contribution in [0.3, 0.4) is 0 Å². The van der Waals surface area contributed by atoms with Crippen molar-refractivity contribution in [3.8, 4) is 0 Å². The van der Waals surface area contributed by atoms with Crippen molar-refractivity contribution in [2.75, 3.05) is 33.3 Å². The van der Waals surface area contributed by atoms with Gasteiger partial charge < -0.3 is 19.9 Å². The number of nitrogens with zero attached hydrogens (tertiary/aromatic N) is 2. The van der Waals surface area contributed by atoms with E-state index in [0.29, 0.717) is 37.3 Å². The quantitative estimate of drug-likeness (QED) is 0.777. The molecular weight excluding hydrogens is 406 g/mol. The molecule has 1 aromatic rings. The van der Waals surface area contributed by atoms with Crippen molar-refractivity contribution in [3.05, 3.63) is 35.4 Å². The Bertz CT molecular complexity index is 885. The molecule has 4 aliphatic rings. The molecule has 1 saturated carbocycles. The minimum Gasteiger partial charge on any atom is -0.368 e. The Labute approximate surface area is 189 Å². The number of ether oxygens (including phenoxy) is 1. The first-order valence-corrected chi connectivity index (χ1v) is 12.0. The van der Waals surface area contributed by atoms with Gasteiger partial charge in [-0.1, -0.05) is 25.0 Å². The summed E-state index contributed by atoms with van der Waals surface area (Å²) in [7, 11) is 2.15. The van der Waals surface area contributed by atoms with E-state index in [0.717, 1.165) is 38.8 Å². The summed E-state index contributed by atoms with van der Waals surface area (Å²) in [6.07, 6.45) is 5.81. The van der Waals surface area contributed by atoms with E-state index in [1.807, 2.05) is 12.1 Å². The molecule has 0 bridgehead atoms. The number of hydrogen-bond donors (Lipinski definition) is 1. The van der Waals surface area contributed by atoms with Crippen molar-refractivity contribution >= 4 is 17.6 Å². The Hall–Kier alpha value is -2.25. The van der Waals surface area contributed by atoms with E-state index in [2.05, 4.69) is 29.4 Å². The van der Waals surface area contributed by atoms with Crippen LogP contribution in [0.5, 0.6) is 0 Å². The average Bonchev–Trinajstić information content (AvgIpc) is 3.53. The number of piperidine rings is 1. The maximum atomic E-state index is 13.6. The maximum Gasteiger partial charge on any atom is 0.252 e. The molecule has 2 amide bonds. The van der Waals surface area contributed by atoms with Gasteiger partial charge in [-0.2, -0.15) is 0 Å². The second kappa shape index (κ2) is 8.60. The number of Topliss-reactive ketones (excluding diaryl/α,β-unsaturated/α-hetero) is 1. The highest BCUT2D eigenvalue weighted by molar-refractivity contribution is 6.01. The zero-order valence-electron chi connectivity index (χ0n) is 18.8. The summed E-state index contributed by atoms with van der Waals surface area (Å²) >= 11 is 0. The predicted octanol–water partition coefficient (Wildman–Crippen LogP) is 2.11. The molecule has 0 spiro atoms. The molecule has 3 saturated heterocycles. The topological polar surface area (TPSA) is 79.0 Å². The standard InChI is InChI=1S/C25H33N3O4/c1-27-13-8-18(9-14-27)17-4-6-19(7-5-17)23(30)26-25(11-2-3-12-25)24(31)28-15-10-21-22(28)20(29)16-32-21/h4-7,18,21-22H,2-3,8-16H2,1H3,(H,26,30)/t21-,22-/m1/s1. The summed E-state index contributed by atoms with van der Waals surface area (Å²) in [5, 5.41) is 3.10. The van der Waals surface area contributed by atoms with Crippen LogP contribution in [-0.4, -0.2) is 78.4 Å². The second-order valence-corrected chi connectivity index (χ2v) is 9.99. The van der Waals surface area contributed by atoms with Crippen molar-refractivity contribution < 1.29 is 19.1 Å². The van der Waals surface area contributed by atoms with Crippen LogP contribution in [-0.2, 0) is 14.3 Å². The molecule has 2 atom stereocenters. The normalized spacial score (nSPS) is 28.2. The fraction of sp³-hybridized carbons (Fsp3) is 0.640. The zero-order valence-corrected chi connectivity index (χ0v) is 18.8. The molecule has 7 nitrogen and oxygen atoms in total. The Morgan fingerprint density at radius 1 is 1.03 bits per heavy atom. The Kier molecular flexibility index (Phi) is 5.80. The number of carbonyl (C=O) groups is 3. The molecule has 0 aromatic heterocycles. The molecule has 0 unspecified atom stereocenters. The Morgan fingerprint density at radius 3 is 2.41 bits per heavy atom. The first-order valence-electron chi connectivity index (χ1n) is 12.0. The van der Waals surface area contributed by atoms with Crippen molar-refractivity contribution in [2.45, 2.75) is 68.5 Å². The van der Waals surface area contributed by atoms with Crippen LogP contribution < -0.4 is 5.32 Å². The van der Waals surface area contributed by atoms with E-state index in [1.54, 1.807) is 4.90 Å². The maximum absolute atomic E-state index is 13.6. The molecule has 0 radical (unpaired) electrons. The van der Waals surface area contributed by atoms with Gasteiger partial charge >= 0.3 is 0 Å². The van der Waals surface area contributed by atoms with Gasteiger partial charge in [0.25, 0.3) is 5.91 Å². The minimum atomic E-state index is -0.915. The van der Waals surface area contributed by atoms with E-state index in [-0.39, 0.29) is 30.3 Å². The Balaban J connectivity index is 1.29. The highest BCUT2D eigenvalue weighted by Gasteiger charge is 2.53. The number of rotatable bonds is 4.